The van der Waals surface area contributed by atoms with Crippen molar-refractivity contribution in [1.29, 1.82) is 5.26 Å². The molecule has 1 saturated carbocycles. The van der Waals surface area contributed by atoms with Gasteiger partial charge in [-0.2, -0.15) is 10.2 Å². The molecule has 190 valence electrons. The molecule has 0 spiro atoms. The fourth-order valence-corrected chi connectivity index (χ4v) is 5.24. The fourth-order valence-electron chi connectivity index (χ4n) is 4.97. The number of hydrogen-bond donors (Lipinski definition) is 2. The zero-order chi connectivity index (χ0) is 25.7. The van der Waals surface area contributed by atoms with Gasteiger partial charge in [0.2, 0.25) is 0 Å². The molecule has 3 aliphatic rings. The second-order valence-corrected chi connectivity index (χ2v) is 10.8. The summed E-state index contributed by atoms with van der Waals surface area (Å²) in [6, 6.07) is 6.37. The average Bonchev–Trinajstić information content (AvgIpc) is 3.60. The van der Waals surface area contributed by atoms with E-state index in [4.69, 9.17) is 22.9 Å². The highest BCUT2D eigenvalue weighted by Crippen LogP contribution is 2.38. The van der Waals surface area contributed by atoms with E-state index in [1.165, 1.54) is 10.7 Å². The zero-order valence-electron chi connectivity index (χ0n) is 20.7. The Kier molecular flexibility index (Phi) is 5.80. The van der Waals surface area contributed by atoms with Crippen molar-refractivity contribution >= 4 is 46.2 Å². The van der Waals surface area contributed by atoms with Crippen molar-refractivity contribution in [2.24, 2.45) is 0 Å². The molecule has 2 saturated heterocycles. The molecule has 3 aromatic rings. The van der Waals surface area contributed by atoms with Crippen LogP contribution >= 0.6 is 11.6 Å². The lowest BCUT2D eigenvalue weighted by molar-refractivity contribution is -0.116. The molecule has 0 amide bonds. The number of aromatic nitrogens is 4. The van der Waals surface area contributed by atoms with Crippen molar-refractivity contribution in [2.75, 3.05) is 48.3 Å². The van der Waals surface area contributed by atoms with Gasteiger partial charge in [0.15, 0.2) is 5.82 Å². The number of piperazine rings is 1. The topological polar surface area (TPSA) is 111 Å². The van der Waals surface area contributed by atoms with Crippen LogP contribution in [0.4, 0.5) is 29.0 Å². The summed E-state index contributed by atoms with van der Waals surface area (Å²) in [6.07, 6.45) is 3.60. The van der Waals surface area contributed by atoms with Crippen molar-refractivity contribution in [3.63, 3.8) is 0 Å². The van der Waals surface area contributed by atoms with E-state index in [0.29, 0.717) is 40.4 Å². The highest BCUT2D eigenvalue weighted by Gasteiger charge is 2.37. The second kappa shape index (κ2) is 9.03. The lowest BCUT2D eigenvalue weighted by Crippen LogP contribution is -2.62. The monoisotopic (exact) mass is 518 g/mol. The van der Waals surface area contributed by atoms with Crippen LogP contribution in [0.15, 0.2) is 18.3 Å². The zero-order valence-corrected chi connectivity index (χ0v) is 21.5. The van der Waals surface area contributed by atoms with Crippen LogP contribution in [0.3, 0.4) is 0 Å². The number of nitrogens with one attached hydrogen (secondary N) is 2. The number of ether oxygens (including phenoxy) is 1. The highest BCUT2D eigenvalue weighted by atomic mass is 35.5. The molecule has 2 aromatic heterocycles. The van der Waals surface area contributed by atoms with E-state index in [1.807, 2.05) is 6.07 Å². The Morgan fingerprint density at radius 1 is 1.30 bits per heavy atom. The van der Waals surface area contributed by atoms with Crippen molar-refractivity contribution in [3.05, 3.63) is 40.3 Å². The largest absolute Gasteiger partial charge is 0.373 e. The highest BCUT2D eigenvalue weighted by molar-refractivity contribution is 6.36. The van der Waals surface area contributed by atoms with Gasteiger partial charge < -0.3 is 25.1 Å². The van der Waals surface area contributed by atoms with E-state index in [1.54, 1.807) is 6.07 Å². The number of imidazole rings is 1. The van der Waals surface area contributed by atoms with Gasteiger partial charge in [-0.05, 0) is 38.8 Å². The van der Waals surface area contributed by atoms with E-state index in [9.17, 15) is 5.26 Å². The van der Waals surface area contributed by atoms with Gasteiger partial charge in [0, 0.05) is 32.2 Å². The molecule has 1 aliphatic carbocycles. The third-order valence-electron chi connectivity index (χ3n) is 7.00. The first-order valence-electron chi connectivity index (χ1n) is 12.4. The SMILES string of the molecule is [C-]#[N+]c1cnc2c(NC3CC3)nc(Nc3cc(C#N)cc(N4CCN5CC(C)(C)OC[C@@H]5C4)c3Cl)nn12. The molecular weight excluding hydrogens is 492 g/mol. The van der Waals surface area contributed by atoms with Gasteiger partial charge in [-0.25, -0.2) is 4.98 Å². The number of benzene rings is 1. The van der Waals surface area contributed by atoms with Crippen LogP contribution in [0.1, 0.15) is 32.3 Å². The lowest BCUT2D eigenvalue weighted by atomic mass is 10.0. The van der Waals surface area contributed by atoms with E-state index in [2.05, 4.69) is 60.3 Å². The van der Waals surface area contributed by atoms with E-state index in [-0.39, 0.29) is 23.4 Å². The Hall–Kier alpha value is -3.64. The van der Waals surface area contributed by atoms with Crippen LogP contribution in [0.2, 0.25) is 5.02 Å². The van der Waals surface area contributed by atoms with Crippen LogP contribution in [0.5, 0.6) is 0 Å². The molecule has 11 nitrogen and oxygen atoms in total. The number of fused-ring (bicyclic) bond motifs is 2. The number of rotatable bonds is 5. The number of anilines is 4. The van der Waals surface area contributed by atoms with Gasteiger partial charge in [0.1, 0.15) is 0 Å². The maximum Gasteiger partial charge on any atom is 0.275 e. The van der Waals surface area contributed by atoms with Crippen LogP contribution in [-0.2, 0) is 4.74 Å². The summed E-state index contributed by atoms with van der Waals surface area (Å²) in [7, 11) is 0. The molecule has 2 aliphatic heterocycles. The van der Waals surface area contributed by atoms with Gasteiger partial charge in [-0.3, -0.25) is 4.90 Å². The Bertz CT molecular complexity index is 1450. The minimum Gasteiger partial charge on any atom is -0.373 e. The minimum atomic E-state index is -0.148. The summed E-state index contributed by atoms with van der Waals surface area (Å²) >= 11 is 6.93. The fraction of sp³-hybridized carbons (Fsp3) is 0.480. The number of halogens is 1. The molecule has 3 fully saturated rings. The smallest absolute Gasteiger partial charge is 0.275 e. The van der Waals surface area contributed by atoms with Crippen molar-refractivity contribution in [3.8, 4) is 6.07 Å². The van der Waals surface area contributed by atoms with Gasteiger partial charge in [0.05, 0.1) is 52.5 Å². The molecule has 1 aromatic carbocycles. The summed E-state index contributed by atoms with van der Waals surface area (Å²) in [5.41, 5.74) is 2.14. The van der Waals surface area contributed by atoms with Crippen LogP contribution in [0.25, 0.3) is 10.5 Å². The molecular formula is C25H27ClN10O. The van der Waals surface area contributed by atoms with Crippen LogP contribution in [-0.4, -0.2) is 75.0 Å². The van der Waals surface area contributed by atoms with Crippen LogP contribution < -0.4 is 15.5 Å². The maximum absolute atomic E-state index is 9.76. The summed E-state index contributed by atoms with van der Waals surface area (Å²) in [5.74, 6) is 1.10. The Labute approximate surface area is 219 Å². The molecule has 0 bridgehead atoms. The molecule has 6 rings (SSSR count). The normalized spacial score (nSPS) is 21.2. The van der Waals surface area contributed by atoms with Crippen molar-refractivity contribution in [1.82, 2.24) is 24.5 Å². The summed E-state index contributed by atoms with van der Waals surface area (Å²) < 4.78 is 7.54. The van der Waals surface area contributed by atoms with Crippen molar-refractivity contribution in [2.45, 2.75) is 44.4 Å². The average molecular weight is 519 g/mol. The first-order chi connectivity index (χ1) is 17.8. The van der Waals surface area contributed by atoms with Crippen LogP contribution in [0, 0.1) is 17.9 Å². The summed E-state index contributed by atoms with van der Waals surface area (Å²) in [4.78, 5) is 17.2. The molecule has 0 unspecified atom stereocenters. The quantitative estimate of drug-likeness (QED) is 0.487. The van der Waals surface area contributed by atoms with E-state index < -0.39 is 0 Å². The molecule has 4 heterocycles. The van der Waals surface area contributed by atoms with E-state index >= 15 is 0 Å². The standard InChI is InChI=1S/C25H27ClN10O/c1-25(2)14-35-7-6-34(12-17(35)13-37-25)19-9-15(10-27)8-18(21(19)26)31-24-32-22(30-16-4-5-16)23-29-11-20(28-3)36(23)33-24/h8-9,11,16-17H,4-7,12-14H2,1-2H3,(H2,30,31,32,33)/t17-/m0/s1. The molecule has 12 heteroatoms. The van der Waals surface area contributed by atoms with Gasteiger partial charge in [0.25, 0.3) is 17.4 Å². The number of nitriles is 1. The van der Waals surface area contributed by atoms with Gasteiger partial charge in [-0.15, -0.1) is 4.52 Å². The second-order valence-electron chi connectivity index (χ2n) is 10.4. The molecule has 37 heavy (non-hydrogen) atoms. The van der Waals surface area contributed by atoms with Gasteiger partial charge >= 0.3 is 0 Å². The molecule has 0 radical (unpaired) electrons. The number of morpholine rings is 1. The van der Waals surface area contributed by atoms with Gasteiger partial charge in [-0.1, -0.05) is 23.3 Å². The van der Waals surface area contributed by atoms with E-state index in [0.717, 1.165) is 44.7 Å². The third-order valence-corrected chi connectivity index (χ3v) is 7.40. The Morgan fingerprint density at radius 2 is 2.14 bits per heavy atom. The summed E-state index contributed by atoms with van der Waals surface area (Å²) in [6.45, 7) is 15.7. The number of nitrogens with zero attached hydrogens (tertiary/aromatic N) is 8. The summed E-state index contributed by atoms with van der Waals surface area (Å²) in [5, 5.41) is 21.3. The number of hydrogen-bond acceptors (Lipinski definition) is 9. The predicted octanol–water partition coefficient (Wildman–Crippen LogP) is 3.82. The minimum absolute atomic E-state index is 0.148. The third kappa shape index (κ3) is 4.62. The first kappa shape index (κ1) is 23.7. The first-order valence-corrected chi connectivity index (χ1v) is 12.7. The Morgan fingerprint density at radius 3 is 2.89 bits per heavy atom. The molecule has 2 N–H and O–H groups in total. The van der Waals surface area contributed by atoms with Crippen molar-refractivity contribution < 1.29 is 4.74 Å². The Balaban J connectivity index is 1.32. The maximum atomic E-state index is 9.76. The lowest BCUT2D eigenvalue weighted by Gasteiger charge is -2.49. The predicted molar refractivity (Wildman–Crippen MR) is 141 cm³/mol. The molecule has 1 atom stereocenters.